The SMILES string of the molecule is CCCOC(=O)c1scc(OC)c1S(=O)(=O)Cl. The molecule has 96 valence electrons. The molecule has 0 aliphatic rings. The number of thiophene rings is 1. The van der Waals surface area contributed by atoms with Crippen LogP contribution in [0.1, 0.15) is 23.0 Å². The molecule has 1 aromatic heterocycles. The van der Waals surface area contributed by atoms with Crippen LogP contribution in [0.3, 0.4) is 0 Å². The average molecular weight is 299 g/mol. The lowest BCUT2D eigenvalue weighted by Gasteiger charge is -2.03. The molecule has 0 atom stereocenters. The fourth-order valence-corrected chi connectivity index (χ4v) is 3.74. The van der Waals surface area contributed by atoms with Gasteiger partial charge in [0.25, 0.3) is 9.05 Å². The number of carbonyl (C=O) groups is 1. The summed E-state index contributed by atoms with van der Waals surface area (Å²) in [4.78, 5) is 11.2. The first-order chi connectivity index (χ1) is 7.91. The van der Waals surface area contributed by atoms with E-state index in [1.54, 1.807) is 0 Å². The summed E-state index contributed by atoms with van der Waals surface area (Å²) in [5.41, 5.74) is 0. The van der Waals surface area contributed by atoms with Crippen molar-refractivity contribution in [1.82, 2.24) is 0 Å². The van der Waals surface area contributed by atoms with E-state index >= 15 is 0 Å². The van der Waals surface area contributed by atoms with Gasteiger partial charge in [-0.3, -0.25) is 0 Å². The van der Waals surface area contributed by atoms with E-state index < -0.39 is 15.0 Å². The third-order valence-electron chi connectivity index (χ3n) is 1.80. The van der Waals surface area contributed by atoms with Crippen molar-refractivity contribution in [2.45, 2.75) is 18.2 Å². The first kappa shape index (κ1) is 14.3. The minimum atomic E-state index is -4.05. The Bertz CT molecular complexity index is 505. The maximum atomic E-state index is 11.6. The highest BCUT2D eigenvalue weighted by atomic mass is 35.7. The van der Waals surface area contributed by atoms with Gasteiger partial charge in [0.15, 0.2) is 0 Å². The second kappa shape index (κ2) is 5.70. The molecule has 0 saturated heterocycles. The van der Waals surface area contributed by atoms with Gasteiger partial charge in [-0.2, -0.15) is 0 Å². The van der Waals surface area contributed by atoms with E-state index in [0.717, 1.165) is 11.3 Å². The third kappa shape index (κ3) is 3.34. The molecular weight excluding hydrogens is 288 g/mol. The van der Waals surface area contributed by atoms with Crippen molar-refractivity contribution >= 4 is 37.0 Å². The van der Waals surface area contributed by atoms with Crippen LogP contribution < -0.4 is 4.74 Å². The Morgan fingerprint density at radius 1 is 1.53 bits per heavy atom. The summed E-state index contributed by atoms with van der Waals surface area (Å²) in [6.07, 6.45) is 0.650. The van der Waals surface area contributed by atoms with Crippen LogP contribution in [0.4, 0.5) is 0 Å². The van der Waals surface area contributed by atoms with Crippen molar-refractivity contribution in [1.29, 1.82) is 0 Å². The predicted octanol–water partition coefficient (Wildman–Crippen LogP) is 2.25. The summed E-state index contributed by atoms with van der Waals surface area (Å²) >= 11 is 0.923. The van der Waals surface area contributed by atoms with Gasteiger partial charge >= 0.3 is 5.97 Å². The highest BCUT2D eigenvalue weighted by Gasteiger charge is 2.28. The second-order valence-corrected chi connectivity index (χ2v) is 6.42. The largest absolute Gasteiger partial charge is 0.494 e. The Balaban J connectivity index is 3.17. The van der Waals surface area contributed by atoms with Gasteiger partial charge in [-0.25, -0.2) is 13.2 Å². The van der Waals surface area contributed by atoms with E-state index in [4.69, 9.17) is 20.2 Å². The van der Waals surface area contributed by atoms with Crippen molar-refractivity contribution < 1.29 is 22.7 Å². The van der Waals surface area contributed by atoms with Crippen molar-refractivity contribution in [3.05, 3.63) is 10.3 Å². The fourth-order valence-electron chi connectivity index (χ4n) is 1.10. The van der Waals surface area contributed by atoms with Crippen molar-refractivity contribution in [3.63, 3.8) is 0 Å². The smallest absolute Gasteiger partial charge is 0.349 e. The number of esters is 1. The molecule has 0 bridgehead atoms. The second-order valence-electron chi connectivity index (χ2n) is 3.04. The van der Waals surface area contributed by atoms with Gasteiger partial charge < -0.3 is 9.47 Å². The van der Waals surface area contributed by atoms with E-state index in [2.05, 4.69) is 0 Å². The monoisotopic (exact) mass is 298 g/mol. The molecule has 0 aliphatic carbocycles. The standard InChI is InChI=1S/C9H11ClO5S2/c1-3-4-15-9(11)7-8(17(10,12)13)6(14-2)5-16-7/h5H,3-4H2,1-2H3. The van der Waals surface area contributed by atoms with Crippen LogP contribution in [-0.2, 0) is 13.8 Å². The molecule has 0 aromatic carbocycles. The number of hydrogen-bond acceptors (Lipinski definition) is 6. The zero-order valence-corrected chi connectivity index (χ0v) is 11.6. The van der Waals surface area contributed by atoms with Crippen LogP contribution in [0.25, 0.3) is 0 Å². The van der Waals surface area contributed by atoms with Crippen LogP contribution >= 0.6 is 22.0 Å². The van der Waals surface area contributed by atoms with Gasteiger partial charge in [-0.15, -0.1) is 11.3 Å². The van der Waals surface area contributed by atoms with Crippen LogP contribution in [-0.4, -0.2) is 28.1 Å². The van der Waals surface area contributed by atoms with E-state index in [0.29, 0.717) is 6.42 Å². The van der Waals surface area contributed by atoms with Gasteiger partial charge in [0, 0.05) is 16.1 Å². The summed E-state index contributed by atoms with van der Waals surface area (Å²) in [5.74, 6) is -0.659. The Morgan fingerprint density at radius 2 is 2.18 bits per heavy atom. The van der Waals surface area contributed by atoms with Crippen LogP contribution in [0.15, 0.2) is 10.3 Å². The Morgan fingerprint density at radius 3 is 2.65 bits per heavy atom. The number of methoxy groups -OCH3 is 1. The van der Waals surface area contributed by atoms with Crippen LogP contribution in [0, 0.1) is 0 Å². The lowest BCUT2D eigenvalue weighted by Crippen LogP contribution is -2.08. The normalized spacial score (nSPS) is 11.2. The predicted molar refractivity (Wildman–Crippen MR) is 64.5 cm³/mol. The zero-order valence-electron chi connectivity index (χ0n) is 9.23. The molecule has 0 fully saturated rings. The van der Waals surface area contributed by atoms with Crippen molar-refractivity contribution in [2.24, 2.45) is 0 Å². The highest BCUT2D eigenvalue weighted by Crippen LogP contribution is 2.36. The maximum Gasteiger partial charge on any atom is 0.349 e. The van der Waals surface area contributed by atoms with E-state index in [1.807, 2.05) is 6.92 Å². The topological polar surface area (TPSA) is 69.7 Å². The van der Waals surface area contributed by atoms with Gasteiger partial charge in [0.2, 0.25) is 0 Å². The van der Waals surface area contributed by atoms with Gasteiger partial charge in [0.05, 0.1) is 13.7 Å². The van der Waals surface area contributed by atoms with E-state index in [1.165, 1.54) is 12.5 Å². The van der Waals surface area contributed by atoms with E-state index in [-0.39, 0.29) is 22.1 Å². The number of halogens is 1. The summed E-state index contributed by atoms with van der Waals surface area (Å²) in [5, 5.41) is 1.40. The van der Waals surface area contributed by atoms with Gasteiger partial charge in [-0.1, -0.05) is 6.92 Å². The average Bonchev–Trinajstić information content (AvgIpc) is 2.69. The molecular formula is C9H11ClO5S2. The number of carbonyl (C=O) groups excluding carboxylic acids is 1. The van der Waals surface area contributed by atoms with Crippen LogP contribution in [0.2, 0.25) is 0 Å². The molecule has 0 spiro atoms. The van der Waals surface area contributed by atoms with Crippen molar-refractivity contribution in [2.75, 3.05) is 13.7 Å². The molecule has 1 rings (SSSR count). The minimum Gasteiger partial charge on any atom is -0.494 e. The number of rotatable bonds is 5. The fraction of sp³-hybridized carbons (Fsp3) is 0.444. The number of hydrogen-bond donors (Lipinski definition) is 0. The summed E-state index contributed by atoms with van der Waals surface area (Å²) in [6.45, 7) is 2.06. The lowest BCUT2D eigenvalue weighted by molar-refractivity contribution is 0.0506. The molecule has 0 radical (unpaired) electrons. The Hall–Kier alpha value is -0.790. The Labute approximate surface area is 108 Å². The number of ether oxygens (including phenoxy) is 2. The molecule has 0 amide bonds. The van der Waals surface area contributed by atoms with Gasteiger partial charge in [-0.05, 0) is 6.42 Å². The molecule has 0 N–H and O–H groups in total. The summed E-state index contributed by atoms with van der Waals surface area (Å²) in [7, 11) is 2.51. The molecule has 0 saturated carbocycles. The maximum absolute atomic E-state index is 11.6. The molecule has 8 heteroatoms. The molecule has 0 aliphatic heterocycles. The minimum absolute atomic E-state index is 0.0495. The Kier molecular flexibility index (Phi) is 4.79. The highest BCUT2D eigenvalue weighted by molar-refractivity contribution is 8.14. The van der Waals surface area contributed by atoms with Gasteiger partial charge in [0.1, 0.15) is 15.5 Å². The molecule has 5 nitrogen and oxygen atoms in total. The van der Waals surface area contributed by atoms with Crippen LogP contribution in [0.5, 0.6) is 5.75 Å². The third-order valence-corrected chi connectivity index (χ3v) is 4.22. The summed E-state index contributed by atoms with van der Waals surface area (Å²) in [6, 6.07) is 0. The summed E-state index contributed by atoms with van der Waals surface area (Å²) < 4.78 is 32.4. The molecule has 0 unspecified atom stereocenters. The molecule has 1 heterocycles. The first-order valence-electron chi connectivity index (χ1n) is 4.69. The quantitative estimate of drug-likeness (QED) is 0.616. The first-order valence-corrected chi connectivity index (χ1v) is 7.88. The van der Waals surface area contributed by atoms with E-state index in [9.17, 15) is 13.2 Å². The molecule has 17 heavy (non-hydrogen) atoms. The van der Waals surface area contributed by atoms with Crippen molar-refractivity contribution in [3.8, 4) is 5.75 Å². The lowest BCUT2D eigenvalue weighted by atomic mass is 10.4. The molecule has 1 aromatic rings. The zero-order chi connectivity index (χ0) is 13.1.